The number of ether oxygens (including phenoxy) is 1. The zero-order valence-corrected chi connectivity index (χ0v) is 11.6. The molecule has 0 radical (unpaired) electrons. The third-order valence-corrected chi connectivity index (χ3v) is 2.59. The molecule has 0 aliphatic rings. The van der Waals surface area contributed by atoms with Crippen molar-refractivity contribution in [1.82, 2.24) is 5.32 Å². The minimum atomic E-state index is -0.738. The van der Waals surface area contributed by atoms with Crippen LogP contribution in [0.15, 0.2) is 18.2 Å². The number of benzene rings is 1. The van der Waals surface area contributed by atoms with Crippen LogP contribution in [0.5, 0.6) is 0 Å². The van der Waals surface area contributed by atoms with Gasteiger partial charge in [0.05, 0.1) is 17.6 Å². The highest BCUT2D eigenvalue weighted by Crippen LogP contribution is 2.18. The van der Waals surface area contributed by atoms with Gasteiger partial charge in [-0.25, -0.2) is 4.79 Å². The summed E-state index contributed by atoms with van der Waals surface area (Å²) in [6.45, 7) is 0.370. The van der Waals surface area contributed by atoms with Gasteiger partial charge in [0.1, 0.15) is 0 Å². The quantitative estimate of drug-likeness (QED) is 0.382. The number of alkyl halides is 1. The maximum Gasteiger partial charge on any atom is 0.338 e. The number of hydrogen-bond acceptors (Lipinski definition) is 5. The van der Waals surface area contributed by atoms with Crippen LogP contribution in [-0.2, 0) is 4.74 Å². The Bertz CT molecular complexity index is 518. The summed E-state index contributed by atoms with van der Waals surface area (Å²) in [5.41, 5.74) is -0.344. The van der Waals surface area contributed by atoms with E-state index in [1.807, 2.05) is 0 Å². The van der Waals surface area contributed by atoms with Crippen molar-refractivity contribution in [3.8, 4) is 0 Å². The second-order valence-corrected chi connectivity index (χ2v) is 4.26. The standard InChI is InChI=1S/C11H11BrN2O5/c1-19-11(16)8-4-7(10(15)13-3-2-12)5-9(6-8)14(17)18/h4-6H,2-3H2,1H3,(H,13,15). The lowest BCUT2D eigenvalue weighted by atomic mass is 10.1. The fourth-order valence-corrected chi connectivity index (χ4v) is 1.54. The van der Waals surface area contributed by atoms with E-state index in [9.17, 15) is 19.7 Å². The molecular formula is C11H11BrN2O5. The summed E-state index contributed by atoms with van der Waals surface area (Å²) < 4.78 is 4.49. The van der Waals surface area contributed by atoms with E-state index in [4.69, 9.17) is 0 Å². The number of methoxy groups -OCH3 is 1. The van der Waals surface area contributed by atoms with E-state index in [0.29, 0.717) is 11.9 Å². The van der Waals surface area contributed by atoms with E-state index in [0.717, 1.165) is 19.2 Å². The predicted octanol–water partition coefficient (Wildman–Crippen LogP) is 1.51. The summed E-state index contributed by atoms with van der Waals surface area (Å²) in [5, 5.41) is 13.9. The molecule has 0 saturated heterocycles. The molecule has 0 fully saturated rings. The lowest BCUT2D eigenvalue weighted by Crippen LogP contribution is -2.25. The lowest BCUT2D eigenvalue weighted by molar-refractivity contribution is -0.384. The number of carbonyl (C=O) groups excluding carboxylic acids is 2. The van der Waals surface area contributed by atoms with E-state index in [-0.39, 0.29) is 16.8 Å². The molecule has 0 aliphatic heterocycles. The molecule has 0 unspecified atom stereocenters. The van der Waals surface area contributed by atoms with Crippen LogP contribution in [0.4, 0.5) is 5.69 Å². The third kappa shape index (κ3) is 4.02. The van der Waals surface area contributed by atoms with Gasteiger partial charge >= 0.3 is 5.97 Å². The van der Waals surface area contributed by atoms with E-state index >= 15 is 0 Å². The van der Waals surface area contributed by atoms with Gasteiger partial charge in [0.2, 0.25) is 0 Å². The van der Waals surface area contributed by atoms with Crippen LogP contribution in [0.25, 0.3) is 0 Å². The van der Waals surface area contributed by atoms with Gasteiger partial charge in [0.15, 0.2) is 0 Å². The van der Waals surface area contributed by atoms with Crippen LogP contribution in [0.3, 0.4) is 0 Å². The highest BCUT2D eigenvalue weighted by Gasteiger charge is 2.17. The highest BCUT2D eigenvalue weighted by molar-refractivity contribution is 9.09. The number of carbonyl (C=O) groups is 2. The third-order valence-electron chi connectivity index (χ3n) is 2.19. The molecule has 0 spiro atoms. The Hall–Kier alpha value is -1.96. The summed E-state index contributed by atoms with van der Waals surface area (Å²) in [7, 11) is 1.16. The van der Waals surface area contributed by atoms with E-state index in [1.54, 1.807) is 0 Å². The normalized spacial score (nSPS) is 9.79. The van der Waals surface area contributed by atoms with Crippen molar-refractivity contribution in [1.29, 1.82) is 0 Å². The average Bonchev–Trinajstić information content (AvgIpc) is 2.43. The molecule has 1 rings (SSSR count). The molecule has 0 saturated carbocycles. The Kier molecular flexibility index (Phi) is 5.43. The van der Waals surface area contributed by atoms with Gasteiger partial charge in [-0.15, -0.1) is 0 Å². The molecule has 1 amide bonds. The highest BCUT2D eigenvalue weighted by atomic mass is 79.9. The molecule has 0 heterocycles. The first-order chi connectivity index (χ1) is 8.99. The molecule has 7 nitrogen and oxygen atoms in total. The van der Waals surface area contributed by atoms with Crippen molar-refractivity contribution in [3.63, 3.8) is 0 Å². The number of non-ortho nitro benzene ring substituents is 1. The number of esters is 1. The Morgan fingerprint density at radius 3 is 2.53 bits per heavy atom. The van der Waals surface area contributed by atoms with Crippen molar-refractivity contribution in [2.24, 2.45) is 0 Å². The van der Waals surface area contributed by atoms with Crippen LogP contribution >= 0.6 is 15.9 Å². The average molecular weight is 331 g/mol. The zero-order valence-electron chi connectivity index (χ0n) is 10.0. The van der Waals surface area contributed by atoms with Gasteiger partial charge in [-0.3, -0.25) is 14.9 Å². The topological polar surface area (TPSA) is 98.5 Å². The summed E-state index contributed by atoms with van der Waals surface area (Å²) in [6, 6.07) is 3.42. The second kappa shape index (κ2) is 6.83. The van der Waals surface area contributed by atoms with Gasteiger partial charge in [-0.2, -0.15) is 0 Å². The fraction of sp³-hybridized carbons (Fsp3) is 0.273. The Morgan fingerprint density at radius 2 is 2.00 bits per heavy atom. The molecule has 19 heavy (non-hydrogen) atoms. The Labute approximate surface area is 117 Å². The molecule has 1 N–H and O–H groups in total. The minimum Gasteiger partial charge on any atom is -0.465 e. The number of nitro benzene ring substituents is 1. The summed E-state index contributed by atoms with van der Waals surface area (Å²) >= 11 is 3.14. The zero-order chi connectivity index (χ0) is 14.4. The first kappa shape index (κ1) is 15.1. The lowest BCUT2D eigenvalue weighted by Gasteiger charge is -2.05. The van der Waals surface area contributed by atoms with Gasteiger partial charge < -0.3 is 10.1 Å². The van der Waals surface area contributed by atoms with Crippen molar-refractivity contribution < 1.29 is 19.2 Å². The fourth-order valence-electron chi connectivity index (χ4n) is 1.35. The second-order valence-electron chi connectivity index (χ2n) is 3.46. The molecule has 0 aromatic heterocycles. The maximum atomic E-state index is 11.7. The van der Waals surface area contributed by atoms with Crippen LogP contribution in [-0.4, -0.2) is 35.8 Å². The Balaban J connectivity index is 3.16. The number of nitrogens with zero attached hydrogens (tertiary/aromatic N) is 1. The molecule has 0 atom stereocenters. The van der Waals surface area contributed by atoms with Gasteiger partial charge in [-0.1, -0.05) is 15.9 Å². The monoisotopic (exact) mass is 330 g/mol. The van der Waals surface area contributed by atoms with E-state index < -0.39 is 16.8 Å². The number of nitro groups is 1. The molecular weight excluding hydrogens is 320 g/mol. The van der Waals surface area contributed by atoms with Crippen LogP contribution in [0.2, 0.25) is 0 Å². The maximum absolute atomic E-state index is 11.7. The number of hydrogen-bond donors (Lipinski definition) is 1. The molecule has 102 valence electrons. The number of rotatable bonds is 5. The number of amides is 1. The molecule has 1 aromatic rings. The van der Waals surface area contributed by atoms with Crippen LogP contribution in [0.1, 0.15) is 20.7 Å². The van der Waals surface area contributed by atoms with Crippen LogP contribution < -0.4 is 5.32 Å². The molecule has 0 aliphatic carbocycles. The minimum absolute atomic E-state index is 0.0375. The summed E-state index contributed by atoms with van der Waals surface area (Å²) in [6.07, 6.45) is 0. The first-order valence-electron chi connectivity index (χ1n) is 5.21. The Morgan fingerprint density at radius 1 is 1.37 bits per heavy atom. The summed E-state index contributed by atoms with van der Waals surface area (Å²) in [5.74, 6) is -1.23. The molecule has 1 aromatic carbocycles. The van der Waals surface area contributed by atoms with E-state index in [2.05, 4.69) is 26.0 Å². The van der Waals surface area contributed by atoms with Crippen LogP contribution in [0, 0.1) is 10.1 Å². The van der Waals surface area contributed by atoms with E-state index in [1.165, 1.54) is 6.07 Å². The first-order valence-corrected chi connectivity index (χ1v) is 6.33. The van der Waals surface area contributed by atoms with Gasteiger partial charge in [0.25, 0.3) is 11.6 Å². The van der Waals surface area contributed by atoms with Crippen molar-refractivity contribution >= 4 is 33.5 Å². The summed E-state index contributed by atoms with van der Waals surface area (Å²) in [4.78, 5) is 33.2. The molecule has 0 bridgehead atoms. The van der Waals surface area contributed by atoms with Crippen molar-refractivity contribution in [3.05, 3.63) is 39.4 Å². The number of nitrogens with one attached hydrogen (secondary N) is 1. The van der Waals surface area contributed by atoms with Gasteiger partial charge in [0, 0.05) is 29.6 Å². The van der Waals surface area contributed by atoms with Gasteiger partial charge in [-0.05, 0) is 6.07 Å². The van der Waals surface area contributed by atoms with Crippen molar-refractivity contribution in [2.45, 2.75) is 0 Å². The number of halogens is 1. The largest absolute Gasteiger partial charge is 0.465 e. The molecule has 8 heteroatoms. The smallest absolute Gasteiger partial charge is 0.338 e. The SMILES string of the molecule is COC(=O)c1cc(C(=O)NCCBr)cc([N+](=O)[O-])c1. The van der Waals surface area contributed by atoms with Crippen molar-refractivity contribution in [2.75, 3.05) is 19.0 Å². The predicted molar refractivity (Wildman–Crippen MR) is 70.6 cm³/mol.